The lowest BCUT2D eigenvalue weighted by Gasteiger charge is -2.16. The van der Waals surface area contributed by atoms with Crippen LogP contribution in [-0.2, 0) is 19.6 Å². The molecule has 1 fully saturated rings. The Labute approximate surface area is 108 Å². The molecule has 18 heavy (non-hydrogen) atoms. The number of aliphatic carboxylic acids is 1. The molecule has 1 unspecified atom stereocenters. The first-order valence-electron chi connectivity index (χ1n) is 6.12. The maximum Gasteiger partial charge on any atom is 0.303 e. The lowest BCUT2D eigenvalue weighted by atomic mass is 10.1. The van der Waals surface area contributed by atoms with Crippen molar-refractivity contribution >= 4 is 16.0 Å². The van der Waals surface area contributed by atoms with Gasteiger partial charge in [0.2, 0.25) is 10.0 Å². The van der Waals surface area contributed by atoms with Crippen molar-refractivity contribution in [1.29, 1.82) is 0 Å². The highest BCUT2D eigenvalue weighted by Crippen LogP contribution is 2.22. The maximum absolute atomic E-state index is 11.9. The molecular formula is C11H21NO5S. The number of sulfonamides is 1. The van der Waals surface area contributed by atoms with Crippen molar-refractivity contribution in [2.24, 2.45) is 5.92 Å². The lowest BCUT2D eigenvalue weighted by Crippen LogP contribution is -2.33. The Morgan fingerprint density at radius 1 is 1.50 bits per heavy atom. The van der Waals surface area contributed by atoms with E-state index >= 15 is 0 Å². The van der Waals surface area contributed by atoms with Gasteiger partial charge in [-0.3, -0.25) is 4.79 Å². The van der Waals surface area contributed by atoms with Crippen LogP contribution < -0.4 is 0 Å². The van der Waals surface area contributed by atoms with Crippen LogP contribution in [0, 0.1) is 5.92 Å². The van der Waals surface area contributed by atoms with Gasteiger partial charge in [-0.1, -0.05) is 0 Å². The minimum absolute atomic E-state index is 0.0125. The van der Waals surface area contributed by atoms with Crippen LogP contribution >= 0.6 is 0 Å². The quantitative estimate of drug-likeness (QED) is 0.735. The first-order valence-corrected chi connectivity index (χ1v) is 7.73. The van der Waals surface area contributed by atoms with Gasteiger partial charge in [0.15, 0.2) is 0 Å². The average Bonchev–Trinajstić information content (AvgIpc) is 2.64. The van der Waals surface area contributed by atoms with Crippen LogP contribution in [0.2, 0.25) is 0 Å². The molecule has 7 heteroatoms. The molecule has 0 amide bonds. The van der Waals surface area contributed by atoms with Gasteiger partial charge in [-0.25, -0.2) is 12.7 Å². The monoisotopic (exact) mass is 279 g/mol. The van der Waals surface area contributed by atoms with Gasteiger partial charge in [0, 0.05) is 19.5 Å². The molecular weight excluding hydrogens is 258 g/mol. The second-order valence-electron chi connectivity index (χ2n) is 4.85. The van der Waals surface area contributed by atoms with Gasteiger partial charge in [0.1, 0.15) is 0 Å². The maximum atomic E-state index is 11.9. The zero-order valence-corrected chi connectivity index (χ0v) is 11.6. The van der Waals surface area contributed by atoms with Crippen molar-refractivity contribution in [2.45, 2.75) is 32.8 Å². The Morgan fingerprint density at radius 3 is 2.72 bits per heavy atom. The fourth-order valence-electron chi connectivity index (χ4n) is 1.98. The summed E-state index contributed by atoms with van der Waals surface area (Å²) in [6.07, 6.45) is 0.670. The van der Waals surface area contributed by atoms with Crippen molar-refractivity contribution in [3.05, 3.63) is 0 Å². The summed E-state index contributed by atoms with van der Waals surface area (Å²) in [5.74, 6) is -0.976. The highest BCUT2D eigenvalue weighted by atomic mass is 32.2. The molecule has 1 atom stereocenters. The molecule has 1 rings (SSSR count). The minimum atomic E-state index is -3.31. The summed E-state index contributed by atoms with van der Waals surface area (Å²) in [6.45, 7) is 4.62. The van der Waals surface area contributed by atoms with Gasteiger partial charge in [0.05, 0.1) is 18.5 Å². The fraction of sp³-hybridized carbons (Fsp3) is 0.909. The summed E-state index contributed by atoms with van der Waals surface area (Å²) < 4.78 is 30.5. The van der Waals surface area contributed by atoms with E-state index in [1.165, 1.54) is 4.31 Å². The molecule has 0 aromatic heterocycles. The van der Waals surface area contributed by atoms with Crippen molar-refractivity contribution < 1.29 is 23.1 Å². The van der Waals surface area contributed by atoms with E-state index in [2.05, 4.69) is 0 Å². The van der Waals surface area contributed by atoms with Gasteiger partial charge < -0.3 is 9.84 Å². The Balaban J connectivity index is 2.42. The third-order valence-electron chi connectivity index (χ3n) is 2.90. The number of carbonyl (C=O) groups is 1. The summed E-state index contributed by atoms with van der Waals surface area (Å²) in [4.78, 5) is 10.6. The normalized spacial score (nSPS) is 21.6. The van der Waals surface area contributed by atoms with Gasteiger partial charge in [0.25, 0.3) is 0 Å². The molecule has 1 aliphatic heterocycles. The molecule has 6 nitrogen and oxygen atoms in total. The predicted molar refractivity (Wildman–Crippen MR) is 66.8 cm³/mol. The smallest absolute Gasteiger partial charge is 0.303 e. The summed E-state index contributed by atoms with van der Waals surface area (Å²) in [5.41, 5.74) is 0. The molecule has 1 N–H and O–H groups in total. The number of hydrogen-bond acceptors (Lipinski definition) is 4. The number of carboxylic acid groups (broad SMARTS) is 1. The van der Waals surface area contributed by atoms with Crippen LogP contribution in [0.15, 0.2) is 0 Å². The molecule has 1 aliphatic rings. The topological polar surface area (TPSA) is 83.9 Å². The Bertz CT molecular complexity index is 379. The van der Waals surface area contributed by atoms with Crippen molar-refractivity contribution in [2.75, 3.05) is 25.4 Å². The van der Waals surface area contributed by atoms with Crippen LogP contribution in [0.1, 0.15) is 26.7 Å². The molecule has 0 aromatic carbocycles. The van der Waals surface area contributed by atoms with E-state index in [0.717, 1.165) is 0 Å². The summed E-state index contributed by atoms with van der Waals surface area (Å²) >= 11 is 0. The van der Waals surface area contributed by atoms with E-state index in [0.29, 0.717) is 19.5 Å². The Hall–Kier alpha value is -0.660. The molecule has 106 valence electrons. The van der Waals surface area contributed by atoms with E-state index in [4.69, 9.17) is 9.84 Å². The van der Waals surface area contributed by atoms with Crippen LogP contribution in [0.25, 0.3) is 0 Å². The van der Waals surface area contributed by atoms with Crippen LogP contribution in [0.3, 0.4) is 0 Å². The third kappa shape index (κ3) is 4.91. The largest absolute Gasteiger partial charge is 0.481 e. The molecule has 1 saturated heterocycles. The molecule has 0 spiro atoms. The van der Waals surface area contributed by atoms with Crippen LogP contribution in [0.4, 0.5) is 0 Å². The molecule has 0 aromatic rings. The molecule has 0 radical (unpaired) electrons. The van der Waals surface area contributed by atoms with Crippen LogP contribution in [0.5, 0.6) is 0 Å². The van der Waals surface area contributed by atoms with Gasteiger partial charge >= 0.3 is 5.97 Å². The summed E-state index contributed by atoms with van der Waals surface area (Å²) in [6, 6.07) is 0. The van der Waals surface area contributed by atoms with Gasteiger partial charge in [-0.15, -0.1) is 0 Å². The second kappa shape index (κ2) is 6.49. The number of carboxylic acids is 1. The highest BCUT2D eigenvalue weighted by Gasteiger charge is 2.32. The van der Waals surface area contributed by atoms with Crippen molar-refractivity contribution in [3.8, 4) is 0 Å². The summed E-state index contributed by atoms with van der Waals surface area (Å²) in [7, 11) is -3.31. The molecule has 1 heterocycles. The zero-order valence-electron chi connectivity index (χ0n) is 10.8. The third-order valence-corrected chi connectivity index (χ3v) is 4.70. The first kappa shape index (κ1) is 15.4. The van der Waals surface area contributed by atoms with Gasteiger partial charge in [-0.2, -0.15) is 0 Å². The standard InChI is InChI=1S/C11H21NO5S/c1-9(2)17-5-6-18(15,16)12-4-3-10(8-12)7-11(13)14/h9-10H,3-8H2,1-2H3,(H,13,14). The lowest BCUT2D eigenvalue weighted by molar-refractivity contribution is -0.137. The van der Waals surface area contributed by atoms with E-state index in [1.807, 2.05) is 13.8 Å². The average molecular weight is 279 g/mol. The van der Waals surface area contributed by atoms with E-state index in [9.17, 15) is 13.2 Å². The van der Waals surface area contributed by atoms with E-state index in [1.54, 1.807) is 0 Å². The number of hydrogen-bond donors (Lipinski definition) is 1. The number of ether oxygens (including phenoxy) is 1. The molecule has 0 aliphatic carbocycles. The Kier molecular flexibility index (Phi) is 5.55. The van der Waals surface area contributed by atoms with Crippen LogP contribution in [-0.4, -0.2) is 55.4 Å². The molecule has 0 bridgehead atoms. The molecule has 0 saturated carbocycles. The van der Waals surface area contributed by atoms with E-state index < -0.39 is 16.0 Å². The Morgan fingerprint density at radius 2 is 2.17 bits per heavy atom. The fourth-order valence-corrected chi connectivity index (χ4v) is 3.37. The van der Waals surface area contributed by atoms with Crippen molar-refractivity contribution in [1.82, 2.24) is 4.31 Å². The zero-order chi connectivity index (χ0) is 13.8. The highest BCUT2D eigenvalue weighted by molar-refractivity contribution is 7.89. The predicted octanol–water partition coefficient (Wildman–Crippen LogP) is 0.538. The van der Waals surface area contributed by atoms with Crippen molar-refractivity contribution in [3.63, 3.8) is 0 Å². The van der Waals surface area contributed by atoms with E-state index in [-0.39, 0.29) is 30.8 Å². The van der Waals surface area contributed by atoms with Gasteiger partial charge in [-0.05, 0) is 26.2 Å². The number of nitrogens with zero attached hydrogens (tertiary/aromatic N) is 1. The summed E-state index contributed by atoms with van der Waals surface area (Å²) in [5, 5.41) is 8.68. The SMILES string of the molecule is CC(C)OCCS(=O)(=O)N1CCC(CC(=O)O)C1. The number of rotatable bonds is 7. The minimum Gasteiger partial charge on any atom is -0.481 e. The first-order chi connectivity index (χ1) is 8.31. The second-order valence-corrected chi connectivity index (χ2v) is 6.93.